The molecule has 0 aliphatic heterocycles. The van der Waals surface area contributed by atoms with Crippen LogP contribution in [0.5, 0.6) is 17.2 Å². The fourth-order valence-electron chi connectivity index (χ4n) is 3.73. The highest BCUT2D eigenvalue weighted by Gasteiger charge is 2.20. The molecular formula is C24H33N3O3. The van der Waals surface area contributed by atoms with Crippen LogP contribution in [-0.2, 0) is 13.0 Å². The van der Waals surface area contributed by atoms with Gasteiger partial charge in [0.25, 0.3) is 0 Å². The van der Waals surface area contributed by atoms with Gasteiger partial charge in [-0.1, -0.05) is 24.3 Å². The molecule has 0 heterocycles. The summed E-state index contributed by atoms with van der Waals surface area (Å²) in [6, 6.07) is 13.4. The lowest BCUT2D eigenvalue weighted by Crippen LogP contribution is -2.37. The highest BCUT2D eigenvalue weighted by molar-refractivity contribution is 5.79. The van der Waals surface area contributed by atoms with Gasteiger partial charge in [-0.2, -0.15) is 0 Å². The lowest BCUT2D eigenvalue weighted by Gasteiger charge is -2.20. The first kappa shape index (κ1) is 21.8. The minimum atomic E-state index is 0.275. The van der Waals surface area contributed by atoms with Gasteiger partial charge in [0.15, 0.2) is 17.5 Å². The molecule has 30 heavy (non-hydrogen) atoms. The Morgan fingerprint density at radius 3 is 2.57 bits per heavy atom. The highest BCUT2D eigenvalue weighted by Crippen LogP contribution is 2.34. The quantitative estimate of drug-likeness (QED) is 0.330. The number of hydrogen-bond donors (Lipinski definition) is 3. The van der Waals surface area contributed by atoms with Crippen molar-refractivity contribution in [1.82, 2.24) is 10.6 Å². The number of benzene rings is 2. The van der Waals surface area contributed by atoms with Crippen LogP contribution in [0.3, 0.4) is 0 Å². The van der Waals surface area contributed by atoms with Gasteiger partial charge in [0.2, 0.25) is 0 Å². The van der Waals surface area contributed by atoms with E-state index >= 15 is 0 Å². The smallest absolute Gasteiger partial charge is 0.191 e. The number of phenolic OH excluding ortho intramolecular Hbond substituents is 1. The number of hydrogen-bond acceptors (Lipinski definition) is 4. The van der Waals surface area contributed by atoms with E-state index in [0.717, 1.165) is 55.3 Å². The van der Waals surface area contributed by atoms with Crippen molar-refractivity contribution in [3.8, 4) is 17.2 Å². The van der Waals surface area contributed by atoms with Crippen LogP contribution >= 0.6 is 0 Å². The summed E-state index contributed by atoms with van der Waals surface area (Å²) in [7, 11) is 3.46. The van der Waals surface area contributed by atoms with Gasteiger partial charge < -0.3 is 25.2 Å². The van der Waals surface area contributed by atoms with Crippen molar-refractivity contribution in [2.45, 2.75) is 51.2 Å². The largest absolute Gasteiger partial charge is 0.508 e. The van der Waals surface area contributed by atoms with E-state index in [1.807, 2.05) is 24.3 Å². The summed E-state index contributed by atoms with van der Waals surface area (Å²) in [6.45, 7) is 1.42. The van der Waals surface area contributed by atoms with Gasteiger partial charge >= 0.3 is 0 Å². The number of ether oxygens (including phenoxy) is 2. The van der Waals surface area contributed by atoms with Crippen LogP contribution in [-0.4, -0.2) is 37.9 Å². The molecule has 0 radical (unpaired) electrons. The molecule has 2 aromatic carbocycles. The zero-order valence-electron chi connectivity index (χ0n) is 18.0. The number of nitrogens with zero attached hydrogens (tertiary/aromatic N) is 1. The lowest BCUT2D eigenvalue weighted by molar-refractivity contribution is 0.198. The maximum atomic E-state index is 9.36. The standard InChI is InChI=1S/C24H33N3O3/c1-25-24(26-16-6-7-18-12-14-20(28)15-13-18)27-17-19-8-5-11-22(29-2)23(19)30-21-9-3-4-10-21/h5,8,11-15,21,28H,3-4,6-7,9-10,16-17H2,1-2H3,(H2,25,26,27). The average molecular weight is 412 g/mol. The van der Waals surface area contributed by atoms with Crippen molar-refractivity contribution in [1.29, 1.82) is 0 Å². The summed E-state index contributed by atoms with van der Waals surface area (Å²) in [5.41, 5.74) is 2.27. The number of guanidine groups is 1. The molecule has 0 saturated heterocycles. The Hall–Kier alpha value is -2.89. The second-order valence-corrected chi connectivity index (χ2v) is 7.60. The number of para-hydroxylation sites is 1. The van der Waals surface area contributed by atoms with Gasteiger partial charge in [0, 0.05) is 25.7 Å². The Morgan fingerprint density at radius 1 is 1.10 bits per heavy atom. The van der Waals surface area contributed by atoms with E-state index in [1.165, 1.54) is 18.4 Å². The van der Waals surface area contributed by atoms with Crippen molar-refractivity contribution >= 4 is 5.96 Å². The normalized spacial score (nSPS) is 14.5. The summed E-state index contributed by atoms with van der Waals surface area (Å²) >= 11 is 0. The molecule has 1 aliphatic carbocycles. The number of aliphatic imine (C=N–C) groups is 1. The molecule has 0 aromatic heterocycles. The minimum absolute atomic E-state index is 0.275. The number of phenols is 1. The van der Waals surface area contributed by atoms with Crippen molar-refractivity contribution in [2.75, 3.05) is 20.7 Å². The Bertz CT molecular complexity index is 815. The van der Waals surface area contributed by atoms with E-state index in [0.29, 0.717) is 12.3 Å². The van der Waals surface area contributed by atoms with Gasteiger partial charge in [-0.3, -0.25) is 4.99 Å². The van der Waals surface area contributed by atoms with Crippen LogP contribution in [0.15, 0.2) is 47.5 Å². The lowest BCUT2D eigenvalue weighted by atomic mass is 10.1. The Kier molecular flexibility index (Phi) is 8.24. The molecule has 0 atom stereocenters. The number of aromatic hydroxyl groups is 1. The predicted molar refractivity (Wildman–Crippen MR) is 121 cm³/mol. The van der Waals surface area contributed by atoms with Crippen LogP contribution in [0.1, 0.15) is 43.2 Å². The summed E-state index contributed by atoms with van der Waals surface area (Å²) < 4.78 is 11.9. The van der Waals surface area contributed by atoms with E-state index < -0.39 is 0 Å². The van der Waals surface area contributed by atoms with Crippen molar-refractivity contribution in [2.24, 2.45) is 4.99 Å². The van der Waals surface area contributed by atoms with Crippen LogP contribution in [0, 0.1) is 0 Å². The van der Waals surface area contributed by atoms with Crippen molar-refractivity contribution in [3.05, 3.63) is 53.6 Å². The second-order valence-electron chi connectivity index (χ2n) is 7.60. The SMILES string of the molecule is CN=C(NCCCc1ccc(O)cc1)NCc1cccc(OC)c1OC1CCCC1. The molecule has 6 heteroatoms. The van der Waals surface area contributed by atoms with Gasteiger partial charge in [-0.15, -0.1) is 0 Å². The average Bonchev–Trinajstić information content (AvgIpc) is 3.28. The van der Waals surface area contributed by atoms with E-state index in [4.69, 9.17) is 9.47 Å². The Labute approximate surface area is 179 Å². The number of aryl methyl sites for hydroxylation is 1. The molecule has 2 aromatic rings. The topological polar surface area (TPSA) is 75.1 Å². The molecule has 1 saturated carbocycles. The van der Waals surface area contributed by atoms with Gasteiger partial charge in [-0.25, -0.2) is 0 Å². The zero-order valence-corrected chi connectivity index (χ0v) is 18.0. The second kappa shape index (κ2) is 11.3. The third-order valence-corrected chi connectivity index (χ3v) is 5.41. The predicted octanol–water partition coefficient (Wildman–Crippen LogP) is 4.02. The van der Waals surface area contributed by atoms with Crippen LogP contribution < -0.4 is 20.1 Å². The first-order chi connectivity index (χ1) is 14.7. The van der Waals surface area contributed by atoms with Crippen molar-refractivity contribution in [3.63, 3.8) is 0 Å². The molecule has 162 valence electrons. The molecule has 0 bridgehead atoms. The molecule has 1 fully saturated rings. The third-order valence-electron chi connectivity index (χ3n) is 5.41. The van der Waals surface area contributed by atoms with Gasteiger partial charge in [-0.05, 0) is 62.3 Å². The fraction of sp³-hybridized carbons (Fsp3) is 0.458. The number of methoxy groups -OCH3 is 1. The first-order valence-electron chi connectivity index (χ1n) is 10.7. The molecule has 3 rings (SSSR count). The maximum Gasteiger partial charge on any atom is 0.191 e. The molecule has 3 N–H and O–H groups in total. The monoisotopic (exact) mass is 411 g/mol. The fourth-order valence-corrected chi connectivity index (χ4v) is 3.73. The zero-order chi connectivity index (χ0) is 21.2. The maximum absolute atomic E-state index is 9.36. The molecule has 6 nitrogen and oxygen atoms in total. The third kappa shape index (κ3) is 6.31. The van der Waals surface area contributed by atoms with E-state index in [2.05, 4.69) is 21.7 Å². The molecule has 0 spiro atoms. The van der Waals surface area contributed by atoms with E-state index in [9.17, 15) is 5.11 Å². The molecule has 0 unspecified atom stereocenters. The number of nitrogens with one attached hydrogen (secondary N) is 2. The van der Waals surface area contributed by atoms with Crippen LogP contribution in [0.4, 0.5) is 0 Å². The summed E-state index contributed by atoms with van der Waals surface area (Å²) in [5, 5.41) is 16.1. The Balaban J connectivity index is 1.50. The molecular weight excluding hydrogens is 378 g/mol. The van der Waals surface area contributed by atoms with Gasteiger partial charge in [0.1, 0.15) is 5.75 Å². The van der Waals surface area contributed by atoms with Crippen molar-refractivity contribution < 1.29 is 14.6 Å². The van der Waals surface area contributed by atoms with Crippen LogP contribution in [0.25, 0.3) is 0 Å². The molecule has 1 aliphatic rings. The molecule has 0 amide bonds. The Morgan fingerprint density at radius 2 is 1.87 bits per heavy atom. The highest BCUT2D eigenvalue weighted by atomic mass is 16.5. The van der Waals surface area contributed by atoms with Gasteiger partial charge in [0.05, 0.1) is 13.2 Å². The summed E-state index contributed by atoms with van der Waals surface area (Å²) in [5.74, 6) is 2.67. The first-order valence-corrected chi connectivity index (χ1v) is 10.7. The van der Waals surface area contributed by atoms with E-state index in [-0.39, 0.29) is 6.10 Å². The van der Waals surface area contributed by atoms with Crippen LogP contribution in [0.2, 0.25) is 0 Å². The summed E-state index contributed by atoms with van der Waals surface area (Å²) in [4.78, 5) is 4.32. The summed E-state index contributed by atoms with van der Waals surface area (Å²) in [6.07, 6.45) is 6.87. The number of rotatable bonds is 9. The minimum Gasteiger partial charge on any atom is -0.508 e. The van der Waals surface area contributed by atoms with E-state index in [1.54, 1.807) is 26.3 Å².